The van der Waals surface area contributed by atoms with E-state index >= 15 is 0 Å². The summed E-state index contributed by atoms with van der Waals surface area (Å²) >= 11 is 0. The highest BCUT2D eigenvalue weighted by Crippen LogP contribution is 2.17. The molecule has 0 aromatic rings. The Kier molecular flexibility index (Phi) is 45.1. The van der Waals surface area contributed by atoms with Crippen LogP contribution in [-0.2, 0) is 14.3 Å². The first-order valence-corrected chi connectivity index (χ1v) is 25.4. The first kappa shape index (κ1) is 56.8. The number of allylic oxidation sites excluding steroid dienone is 8. The van der Waals surface area contributed by atoms with Gasteiger partial charge >= 0.3 is 5.97 Å². The van der Waals surface area contributed by atoms with E-state index in [0.29, 0.717) is 19.3 Å². The zero-order valence-corrected chi connectivity index (χ0v) is 39.1. The van der Waals surface area contributed by atoms with Gasteiger partial charge in [0, 0.05) is 6.42 Å². The molecule has 344 valence electrons. The van der Waals surface area contributed by atoms with Crippen molar-refractivity contribution in [1.29, 1.82) is 0 Å². The van der Waals surface area contributed by atoms with Crippen molar-refractivity contribution in [2.45, 2.75) is 270 Å². The van der Waals surface area contributed by atoms with Gasteiger partial charge in [0.05, 0.1) is 25.2 Å². The third-order valence-corrected chi connectivity index (χ3v) is 11.4. The molecule has 0 aromatic heterocycles. The largest absolute Gasteiger partial charge is 0.462 e. The van der Waals surface area contributed by atoms with E-state index in [0.717, 1.165) is 89.9 Å². The number of rotatable bonds is 45. The van der Waals surface area contributed by atoms with Crippen LogP contribution < -0.4 is 5.32 Å². The number of carbonyl (C=O) groups excluding carboxylic acids is 2. The lowest BCUT2D eigenvalue weighted by Gasteiger charge is -2.24. The predicted octanol–water partition coefficient (Wildman–Crippen LogP) is 15.1. The Morgan fingerprint density at radius 3 is 1.44 bits per heavy atom. The highest BCUT2D eigenvalue weighted by molar-refractivity contribution is 5.77. The second kappa shape index (κ2) is 46.9. The molecule has 0 heterocycles. The van der Waals surface area contributed by atoms with Crippen LogP contribution in [-0.4, -0.2) is 46.9 Å². The summed E-state index contributed by atoms with van der Waals surface area (Å²) in [7, 11) is 0. The van der Waals surface area contributed by atoms with Gasteiger partial charge in [-0.1, -0.05) is 211 Å². The molecule has 0 aromatic carbocycles. The summed E-state index contributed by atoms with van der Waals surface area (Å²) in [5.41, 5.74) is 0. The minimum atomic E-state index is -0.797. The molecule has 6 nitrogen and oxygen atoms in total. The summed E-state index contributed by atoms with van der Waals surface area (Å²) in [6, 6.07) is -0.713. The number of ether oxygens (including phenoxy) is 1. The van der Waals surface area contributed by atoms with Gasteiger partial charge in [0.25, 0.3) is 0 Å². The molecule has 3 N–H and O–H groups in total. The Hall–Kier alpha value is -2.18. The van der Waals surface area contributed by atoms with Gasteiger partial charge in [0.15, 0.2) is 0 Å². The van der Waals surface area contributed by atoms with E-state index in [2.05, 4.69) is 74.7 Å². The standard InChI is InChI=1S/C53H97NO5/c1-4-7-10-13-16-19-22-25-27-30-33-36-39-42-45-51(56)50(48-55)54-52(57)47-49(44-41-38-35-32-29-24-21-18-15-12-9-6-3)59-53(58)46-43-40-37-34-31-28-26-23-20-17-14-11-8-5-2/h8,11,17,20,26,28,32,35,49-51,55-56H,4-7,9-10,12-16,18-19,21-25,27,29-31,33-34,36-48H2,1-3H3,(H,54,57)/b11-8+,20-17+,28-26+,35-32-. The molecule has 6 heteroatoms. The number of aliphatic hydroxyl groups excluding tert-OH is 2. The first-order chi connectivity index (χ1) is 29.0. The van der Waals surface area contributed by atoms with E-state index in [9.17, 15) is 19.8 Å². The van der Waals surface area contributed by atoms with Crippen LogP contribution >= 0.6 is 0 Å². The average molecular weight is 828 g/mol. The summed E-state index contributed by atoms with van der Waals surface area (Å²) in [6.45, 7) is 6.36. The predicted molar refractivity (Wildman–Crippen MR) is 255 cm³/mol. The van der Waals surface area contributed by atoms with Gasteiger partial charge < -0.3 is 20.3 Å². The van der Waals surface area contributed by atoms with Crippen molar-refractivity contribution in [2.75, 3.05) is 6.61 Å². The molecule has 0 bridgehead atoms. The SMILES string of the molecule is CC/C=C/C/C=C/C/C=C/CCCCCCC(=O)OC(CCC/C=C\CCCCCCCCC)CC(=O)NC(CO)C(O)CCCCCCCCCCCCCCCC. The minimum Gasteiger partial charge on any atom is -0.462 e. The van der Waals surface area contributed by atoms with Gasteiger partial charge in [-0.05, 0) is 77.0 Å². The van der Waals surface area contributed by atoms with Crippen LogP contribution in [0.3, 0.4) is 0 Å². The van der Waals surface area contributed by atoms with Crippen molar-refractivity contribution in [1.82, 2.24) is 5.32 Å². The normalized spacial score (nSPS) is 13.6. The van der Waals surface area contributed by atoms with Gasteiger partial charge in [-0.3, -0.25) is 9.59 Å². The van der Waals surface area contributed by atoms with Gasteiger partial charge in [0.1, 0.15) is 6.10 Å². The number of nitrogens with one attached hydrogen (secondary N) is 1. The Morgan fingerprint density at radius 1 is 0.508 bits per heavy atom. The van der Waals surface area contributed by atoms with E-state index in [1.54, 1.807) is 0 Å². The van der Waals surface area contributed by atoms with Crippen molar-refractivity contribution in [3.8, 4) is 0 Å². The summed E-state index contributed by atoms with van der Waals surface area (Å²) < 4.78 is 5.90. The maximum Gasteiger partial charge on any atom is 0.306 e. The molecule has 0 saturated heterocycles. The third kappa shape index (κ3) is 42.3. The topological polar surface area (TPSA) is 95.9 Å². The molecule has 0 aliphatic rings. The molecule has 0 spiro atoms. The number of aliphatic hydroxyl groups is 2. The van der Waals surface area contributed by atoms with Crippen molar-refractivity contribution >= 4 is 11.9 Å². The molecule has 3 unspecified atom stereocenters. The quantitative estimate of drug-likeness (QED) is 0.0323. The molecule has 59 heavy (non-hydrogen) atoms. The fourth-order valence-corrected chi connectivity index (χ4v) is 7.56. The molecule has 0 aliphatic heterocycles. The number of hydrogen-bond acceptors (Lipinski definition) is 5. The molecular weight excluding hydrogens is 731 g/mol. The Balaban J connectivity index is 4.60. The average Bonchev–Trinajstić information content (AvgIpc) is 3.23. The summed E-state index contributed by atoms with van der Waals surface area (Å²) in [4.78, 5) is 26.1. The summed E-state index contributed by atoms with van der Waals surface area (Å²) in [5, 5.41) is 23.7. The minimum absolute atomic E-state index is 0.0481. The van der Waals surface area contributed by atoms with Crippen LogP contribution in [0.5, 0.6) is 0 Å². The highest BCUT2D eigenvalue weighted by Gasteiger charge is 2.24. The van der Waals surface area contributed by atoms with E-state index in [-0.39, 0.29) is 24.9 Å². The number of hydrogen-bond donors (Lipinski definition) is 3. The van der Waals surface area contributed by atoms with E-state index < -0.39 is 18.2 Å². The van der Waals surface area contributed by atoms with E-state index in [4.69, 9.17) is 4.74 Å². The van der Waals surface area contributed by atoms with Crippen LogP contribution in [0.1, 0.15) is 252 Å². The van der Waals surface area contributed by atoms with Gasteiger partial charge in [-0.2, -0.15) is 0 Å². The Bertz CT molecular complexity index is 1020. The molecule has 1 amide bonds. The molecule has 0 aliphatic carbocycles. The van der Waals surface area contributed by atoms with E-state index in [1.807, 2.05) is 0 Å². The number of amides is 1. The summed E-state index contributed by atoms with van der Waals surface area (Å²) in [6.07, 6.45) is 56.0. The monoisotopic (exact) mass is 828 g/mol. The second-order valence-corrected chi connectivity index (χ2v) is 17.2. The Labute approximate surface area is 366 Å². The first-order valence-electron chi connectivity index (χ1n) is 25.4. The maximum atomic E-state index is 13.2. The van der Waals surface area contributed by atoms with Gasteiger partial charge in [-0.25, -0.2) is 0 Å². The van der Waals surface area contributed by atoms with Crippen LogP contribution in [0.25, 0.3) is 0 Å². The number of unbranched alkanes of at least 4 members (excludes halogenated alkanes) is 25. The molecule has 0 fully saturated rings. The zero-order valence-electron chi connectivity index (χ0n) is 39.1. The summed E-state index contributed by atoms with van der Waals surface area (Å²) in [5.74, 6) is -0.525. The van der Waals surface area contributed by atoms with Crippen molar-refractivity contribution in [2.24, 2.45) is 0 Å². The lowest BCUT2D eigenvalue weighted by molar-refractivity contribution is -0.151. The number of esters is 1. The van der Waals surface area contributed by atoms with Crippen LogP contribution in [0.15, 0.2) is 48.6 Å². The van der Waals surface area contributed by atoms with Gasteiger partial charge in [0.2, 0.25) is 5.91 Å². The van der Waals surface area contributed by atoms with Crippen LogP contribution in [0, 0.1) is 0 Å². The van der Waals surface area contributed by atoms with Crippen molar-refractivity contribution < 1.29 is 24.5 Å². The number of carbonyl (C=O) groups is 2. The molecule has 3 atom stereocenters. The van der Waals surface area contributed by atoms with E-state index in [1.165, 1.54) is 116 Å². The maximum absolute atomic E-state index is 13.2. The lowest BCUT2D eigenvalue weighted by Crippen LogP contribution is -2.46. The molecule has 0 radical (unpaired) electrons. The molecule has 0 rings (SSSR count). The van der Waals surface area contributed by atoms with Crippen LogP contribution in [0.4, 0.5) is 0 Å². The second-order valence-electron chi connectivity index (χ2n) is 17.2. The molecular formula is C53H97NO5. The Morgan fingerprint density at radius 2 is 0.932 bits per heavy atom. The van der Waals surface area contributed by atoms with Crippen molar-refractivity contribution in [3.63, 3.8) is 0 Å². The van der Waals surface area contributed by atoms with Crippen molar-refractivity contribution in [3.05, 3.63) is 48.6 Å². The fourth-order valence-electron chi connectivity index (χ4n) is 7.56. The van der Waals surface area contributed by atoms with Gasteiger partial charge in [-0.15, -0.1) is 0 Å². The highest BCUT2D eigenvalue weighted by atomic mass is 16.5. The van der Waals surface area contributed by atoms with Crippen LogP contribution in [0.2, 0.25) is 0 Å². The third-order valence-electron chi connectivity index (χ3n) is 11.4. The smallest absolute Gasteiger partial charge is 0.306 e. The zero-order chi connectivity index (χ0) is 43.1. The molecule has 0 saturated carbocycles. The lowest BCUT2D eigenvalue weighted by atomic mass is 10.0. The fraction of sp³-hybridized carbons (Fsp3) is 0.811.